The molecule has 3 N–H and O–H groups in total. The van der Waals surface area contributed by atoms with Crippen molar-refractivity contribution in [1.29, 1.82) is 0 Å². The summed E-state index contributed by atoms with van der Waals surface area (Å²) in [6.45, 7) is 5.35. The number of aliphatic hydroxyl groups is 2. The smallest absolute Gasteiger partial charge is 0.230 e. The van der Waals surface area contributed by atoms with Crippen LogP contribution in [0.15, 0.2) is 0 Å². The summed E-state index contributed by atoms with van der Waals surface area (Å²) in [5.41, 5.74) is 0. The summed E-state index contributed by atoms with van der Waals surface area (Å²) in [6, 6.07) is 0.695. The zero-order valence-electron chi connectivity index (χ0n) is 22.7. The monoisotopic (exact) mass is 519 g/mol. The van der Waals surface area contributed by atoms with E-state index in [2.05, 4.69) is 5.32 Å². The summed E-state index contributed by atoms with van der Waals surface area (Å²) < 4.78 is 6.32. The standard InChI is InChI=1S/C29H49N3O5/c1-19(33)31-13-11-22(16-31)30-25-9-5-8-21-10-12-32(17-24(21)25)29(36)28-26(35)14-23(34)15-27(28)37-18-20-6-3-2-4-7-20/h20-28,30,34-35H,2-18H2,1H3/t21?,22-,23?,24?,25?,26?,27?,28?/m1/s1. The third-order valence-corrected chi connectivity index (χ3v) is 10.2. The SMILES string of the molecule is CC(=O)N1CC[C@@H](NC2CCCC3CCN(C(=O)C4C(O)CC(O)CC4OCC4CCCCC4)CC32)C1. The highest BCUT2D eigenvalue weighted by Gasteiger charge is 2.46. The third-order valence-electron chi connectivity index (χ3n) is 10.2. The summed E-state index contributed by atoms with van der Waals surface area (Å²) in [7, 11) is 0. The molecule has 2 aliphatic heterocycles. The molecule has 2 amide bonds. The fraction of sp³-hybridized carbons (Fsp3) is 0.931. The van der Waals surface area contributed by atoms with Gasteiger partial charge in [-0.25, -0.2) is 0 Å². The zero-order valence-corrected chi connectivity index (χ0v) is 22.7. The number of fused-ring (bicyclic) bond motifs is 1. The number of nitrogens with zero attached hydrogens (tertiary/aromatic N) is 2. The first-order chi connectivity index (χ1) is 17.9. The topological polar surface area (TPSA) is 102 Å². The van der Waals surface area contributed by atoms with Gasteiger partial charge in [0.1, 0.15) is 0 Å². The Hall–Kier alpha value is -1.22. The number of carbonyl (C=O) groups is 2. The Morgan fingerprint density at radius 2 is 1.68 bits per heavy atom. The van der Waals surface area contributed by atoms with Crippen molar-refractivity contribution in [3.8, 4) is 0 Å². The lowest BCUT2D eigenvalue weighted by Crippen LogP contribution is -2.58. The lowest BCUT2D eigenvalue weighted by molar-refractivity contribution is -0.162. The van der Waals surface area contributed by atoms with Gasteiger partial charge in [0.25, 0.3) is 0 Å². The van der Waals surface area contributed by atoms with Gasteiger partial charge in [-0.2, -0.15) is 0 Å². The number of nitrogens with one attached hydrogen (secondary N) is 1. The zero-order chi connectivity index (χ0) is 25.9. The van der Waals surface area contributed by atoms with E-state index >= 15 is 0 Å². The van der Waals surface area contributed by atoms with E-state index in [0.29, 0.717) is 42.9 Å². The maximum absolute atomic E-state index is 13.9. The van der Waals surface area contributed by atoms with E-state index in [1.54, 1.807) is 6.92 Å². The van der Waals surface area contributed by atoms with Crippen LogP contribution in [0.25, 0.3) is 0 Å². The van der Waals surface area contributed by atoms with E-state index in [-0.39, 0.29) is 18.2 Å². The predicted molar refractivity (Wildman–Crippen MR) is 141 cm³/mol. The molecule has 2 heterocycles. The molecule has 5 rings (SSSR count). The van der Waals surface area contributed by atoms with E-state index in [1.807, 2.05) is 9.80 Å². The van der Waals surface area contributed by atoms with Gasteiger partial charge in [-0.3, -0.25) is 9.59 Å². The molecular weight excluding hydrogens is 470 g/mol. The van der Waals surface area contributed by atoms with Crippen LogP contribution in [0.5, 0.6) is 0 Å². The molecule has 0 radical (unpaired) electrons. The van der Waals surface area contributed by atoms with Crippen LogP contribution in [-0.2, 0) is 14.3 Å². The van der Waals surface area contributed by atoms with Crippen LogP contribution in [0.2, 0.25) is 0 Å². The van der Waals surface area contributed by atoms with Gasteiger partial charge in [0, 0.05) is 64.6 Å². The number of ether oxygens (including phenoxy) is 1. The number of carbonyl (C=O) groups excluding carboxylic acids is 2. The highest BCUT2D eigenvalue weighted by Crippen LogP contribution is 2.39. The van der Waals surface area contributed by atoms with Crippen molar-refractivity contribution in [2.24, 2.45) is 23.7 Å². The molecule has 8 nitrogen and oxygen atoms in total. The summed E-state index contributed by atoms with van der Waals surface area (Å²) in [6.07, 6.45) is 10.5. The lowest BCUT2D eigenvalue weighted by atomic mass is 9.71. The van der Waals surface area contributed by atoms with Gasteiger partial charge in [0.05, 0.1) is 24.2 Å². The minimum Gasteiger partial charge on any atom is -0.393 e. The Kier molecular flexibility index (Phi) is 9.10. The van der Waals surface area contributed by atoms with Crippen molar-refractivity contribution < 1.29 is 24.5 Å². The molecule has 8 heteroatoms. The summed E-state index contributed by atoms with van der Waals surface area (Å²) in [4.78, 5) is 29.6. The van der Waals surface area contributed by atoms with Crippen LogP contribution in [0.1, 0.15) is 84.0 Å². The number of rotatable bonds is 6. The Morgan fingerprint density at radius 1 is 0.892 bits per heavy atom. The summed E-state index contributed by atoms with van der Waals surface area (Å²) in [5.74, 6) is 1.14. The molecule has 2 saturated heterocycles. The first kappa shape index (κ1) is 27.4. The second-order valence-electron chi connectivity index (χ2n) is 12.7. The van der Waals surface area contributed by atoms with E-state index in [4.69, 9.17) is 4.74 Å². The molecule has 0 bridgehead atoms. The van der Waals surface area contributed by atoms with Crippen LogP contribution in [0.3, 0.4) is 0 Å². The fourth-order valence-electron chi connectivity index (χ4n) is 8.05. The first-order valence-electron chi connectivity index (χ1n) is 15.2. The van der Waals surface area contributed by atoms with Crippen molar-refractivity contribution in [1.82, 2.24) is 15.1 Å². The number of likely N-dealkylation sites (tertiary alicyclic amines) is 2. The minimum absolute atomic E-state index is 0.0134. The average molecular weight is 520 g/mol. The summed E-state index contributed by atoms with van der Waals surface area (Å²) in [5, 5.41) is 25.2. The molecule has 0 spiro atoms. The molecule has 7 unspecified atom stereocenters. The molecule has 210 valence electrons. The molecular formula is C29H49N3O5. The maximum atomic E-state index is 13.9. The Morgan fingerprint density at radius 3 is 2.43 bits per heavy atom. The predicted octanol–water partition coefficient (Wildman–Crippen LogP) is 2.31. The molecule has 0 aromatic carbocycles. The minimum atomic E-state index is -0.860. The molecule has 3 aliphatic carbocycles. The second-order valence-corrected chi connectivity index (χ2v) is 12.7. The molecule has 37 heavy (non-hydrogen) atoms. The largest absolute Gasteiger partial charge is 0.393 e. The molecule has 0 aromatic rings. The molecule has 0 aromatic heterocycles. The average Bonchev–Trinajstić information content (AvgIpc) is 3.36. The number of piperidine rings is 1. The van der Waals surface area contributed by atoms with E-state index < -0.39 is 24.2 Å². The van der Waals surface area contributed by atoms with Crippen LogP contribution < -0.4 is 5.32 Å². The first-order valence-corrected chi connectivity index (χ1v) is 15.2. The molecule has 8 atom stereocenters. The normalized spacial score (nSPS) is 39.4. The van der Waals surface area contributed by atoms with Gasteiger partial charge in [0.15, 0.2) is 0 Å². The molecule has 3 saturated carbocycles. The Labute approximate surface area is 222 Å². The number of amides is 2. The molecule has 5 aliphatic rings. The lowest BCUT2D eigenvalue weighted by Gasteiger charge is -2.48. The van der Waals surface area contributed by atoms with Crippen molar-refractivity contribution in [2.75, 3.05) is 32.8 Å². The van der Waals surface area contributed by atoms with E-state index in [0.717, 1.165) is 45.4 Å². The van der Waals surface area contributed by atoms with Crippen LogP contribution >= 0.6 is 0 Å². The third kappa shape index (κ3) is 6.51. The van der Waals surface area contributed by atoms with Crippen LogP contribution in [0, 0.1) is 23.7 Å². The maximum Gasteiger partial charge on any atom is 0.230 e. The van der Waals surface area contributed by atoms with Crippen molar-refractivity contribution in [3.05, 3.63) is 0 Å². The fourth-order valence-corrected chi connectivity index (χ4v) is 8.05. The van der Waals surface area contributed by atoms with Crippen molar-refractivity contribution in [2.45, 2.75) is 114 Å². The highest BCUT2D eigenvalue weighted by molar-refractivity contribution is 5.80. The highest BCUT2D eigenvalue weighted by atomic mass is 16.5. The Bertz CT molecular complexity index is 790. The van der Waals surface area contributed by atoms with Gasteiger partial charge in [-0.15, -0.1) is 0 Å². The van der Waals surface area contributed by atoms with E-state index in [1.165, 1.54) is 44.9 Å². The van der Waals surface area contributed by atoms with Gasteiger partial charge in [-0.05, 0) is 56.3 Å². The summed E-state index contributed by atoms with van der Waals surface area (Å²) >= 11 is 0. The van der Waals surface area contributed by atoms with Gasteiger partial charge in [-0.1, -0.05) is 25.7 Å². The quantitative estimate of drug-likeness (QED) is 0.498. The number of hydrogen-bond donors (Lipinski definition) is 3. The van der Waals surface area contributed by atoms with Gasteiger partial charge in [0.2, 0.25) is 11.8 Å². The second kappa shape index (κ2) is 12.3. The van der Waals surface area contributed by atoms with Gasteiger partial charge < -0.3 is 30.1 Å². The van der Waals surface area contributed by atoms with Crippen molar-refractivity contribution >= 4 is 11.8 Å². The van der Waals surface area contributed by atoms with Crippen molar-refractivity contribution in [3.63, 3.8) is 0 Å². The number of hydrogen-bond acceptors (Lipinski definition) is 6. The van der Waals surface area contributed by atoms with Crippen LogP contribution in [-0.4, -0.2) is 95.0 Å². The van der Waals surface area contributed by atoms with E-state index in [9.17, 15) is 19.8 Å². The Balaban J connectivity index is 1.22. The number of aliphatic hydroxyl groups excluding tert-OH is 2. The van der Waals surface area contributed by atoms with Gasteiger partial charge >= 0.3 is 0 Å². The van der Waals surface area contributed by atoms with Crippen LogP contribution in [0.4, 0.5) is 0 Å². The molecule has 5 fully saturated rings.